The SMILES string of the molecule is C(=N/Nc1ccccc1)/C(=N/Nc1ccccc1)c1ccccc1. The van der Waals surface area contributed by atoms with Crippen molar-refractivity contribution < 1.29 is 0 Å². The van der Waals surface area contributed by atoms with Crippen LogP contribution >= 0.6 is 0 Å². The standard InChI is InChI=1S/C20H18N4/c1-4-10-17(11-5-1)20(24-23-19-14-8-3-9-15-19)16-21-22-18-12-6-2-7-13-18/h1-16,22-23H/b21-16-,24-20-. The lowest BCUT2D eigenvalue weighted by molar-refractivity contribution is 1.33. The Morgan fingerprint density at radius 3 is 1.71 bits per heavy atom. The fraction of sp³-hybridized carbons (Fsp3) is 0. The molecule has 0 aromatic heterocycles. The van der Waals surface area contributed by atoms with E-state index in [-0.39, 0.29) is 0 Å². The Morgan fingerprint density at radius 2 is 1.12 bits per heavy atom. The van der Waals surface area contributed by atoms with Gasteiger partial charge in [0.1, 0.15) is 5.71 Å². The first-order chi connectivity index (χ1) is 11.9. The Kier molecular flexibility index (Phi) is 5.35. The van der Waals surface area contributed by atoms with Crippen LogP contribution in [0.15, 0.2) is 101 Å². The second-order valence-corrected chi connectivity index (χ2v) is 5.08. The van der Waals surface area contributed by atoms with Crippen LogP contribution in [-0.4, -0.2) is 11.9 Å². The molecule has 0 atom stereocenters. The molecule has 3 aromatic carbocycles. The molecule has 0 aliphatic heterocycles. The second-order valence-electron chi connectivity index (χ2n) is 5.08. The number of hydrogen-bond acceptors (Lipinski definition) is 4. The van der Waals surface area contributed by atoms with E-state index in [0.29, 0.717) is 0 Å². The van der Waals surface area contributed by atoms with Crippen LogP contribution in [0.2, 0.25) is 0 Å². The average molecular weight is 314 g/mol. The van der Waals surface area contributed by atoms with Crippen molar-refractivity contribution in [1.29, 1.82) is 0 Å². The zero-order valence-corrected chi connectivity index (χ0v) is 13.1. The van der Waals surface area contributed by atoms with Gasteiger partial charge in [-0.25, -0.2) is 0 Å². The van der Waals surface area contributed by atoms with E-state index in [9.17, 15) is 0 Å². The Labute approximate surface area is 141 Å². The Bertz CT molecular complexity index is 797. The normalized spacial score (nSPS) is 11.4. The highest BCUT2D eigenvalue weighted by molar-refractivity contribution is 6.38. The molecule has 0 aliphatic carbocycles. The highest BCUT2D eigenvalue weighted by Gasteiger charge is 2.00. The maximum absolute atomic E-state index is 4.47. The van der Waals surface area contributed by atoms with E-state index in [4.69, 9.17) is 0 Å². The monoisotopic (exact) mass is 314 g/mol. The van der Waals surface area contributed by atoms with Crippen LogP contribution < -0.4 is 10.9 Å². The molecule has 24 heavy (non-hydrogen) atoms. The number of nitrogens with zero attached hydrogens (tertiary/aromatic N) is 2. The van der Waals surface area contributed by atoms with Gasteiger partial charge >= 0.3 is 0 Å². The minimum Gasteiger partial charge on any atom is -0.278 e. The van der Waals surface area contributed by atoms with E-state index >= 15 is 0 Å². The predicted octanol–water partition coefficient (Wildman–Crippen LogP) is 4.60. The van der Waals surface area contributed by atoms with Gasteiger partial charge in [0.15, 0.2) is 0 Å². The molecule has 0 fully saturated rings. The van der Waals surface area contributed by atoms with Gasteiger partial charge < -0.3 is 0 Å². The van der Waals surface area contributed by atoms with Crippen molar-refractivity contribution in [2.45, 2.75) is 0 Å². The van der Waals surface area contributed by atoms with Crippen LogP contribution in [0.25, 0.3) is 0 Å². The van der Waals surface area contributed by atoms with Crippen LogP contribution in [0.3, 0.4) is 0 Å². The summed E-state index contributed by atoms with van der Waals surface area (Å²) in [6.45, 7) is 0. The van der Waals surface area contributed by atoms with Crippen molar-refractivity contribution in [2.24, 2.45) is 10.2 Å². The molecule has 4 nitrogen and oxygen atoms in total. The fourth-order valence-corrected chi connectivity index (χ4v) is 2.09. The third-order valence-electron chi connectivity index (χ3n) is 3.30. The summed E-state index contributed by atoms with van der Waals surface area (Å²) < 4.78 is 0. The molecule has 118 valence electrons. The van der Waals surface area contributed by atoms with Crippen LogP contribution in [-0.2, 0) is 0 Å². The summed E-state index contributed by atoms with van der Waals surface area (Å²) in [5, 5.41) is 8.76. The van der Waals surface area contributed by atoms with Crippen molar-refractivity contribution in [3.63, 3.8) is 0 Å². The van der Waals surface area contributed by atoms with Crippen molar-refractivity contribution in [3.05, 3.63) is 96.6 Å². The van der Waals surface area contributed by atoms with Gasteiger partial charge in [-0.15, -0.1) is 0 Å². The summed E-state index contributed by atoms with van der Waals surface area (Å²) in [5.41, 5.74) is 9.64. The fourth-order valence-electron chi connectivity index (χ4n) is 2.09. The number of hydrogen-bond donors (Lipinski definition) is 2. The molecule has 3 aromatic rings. The summed E-state index contributed by atoms with van der Waals surface area (Å²) >= 11 is 0. The van der Waals surface area contributed by atoms with Gasteiger partial charge in [0.05, 0.1) is 17.6 Å². The van der Waals surface area contributed by atoms with Crippen LogP contribution in [0.5, 0.6) is 0 Å². The highest BCUT2D eigenvalue weighted by atomic mass is 15.3. The van der Waals surface area contributed by atoms with Crippen LogP contribution in [0.1, 0.15) is 5.56 Å². The lowest BCUT2D eigenvalue weighted by Gasteiger charge is -2.04. The smallest absolute Gasteiger partial charge is 0.111 e. The second kappa shape index (κ2) is 8.29. The molecule has 0 amide bonds. The lowest BCUT2D eigenvalue weighted by atomic mass is 10.1. The molecule has 3 rings (SSSR count). The molecule has 0 saturated heterocycles. The average Bonchev–Trinajstić information content (AvgIpc) is 2.67. The van der Waals surface area contributed by atoms with Gasteiger partial charge in [0, 0.05) is 5.56 Å². The van der Waals surface area contributed by atoms with Crippen molar-refractivity contribution in [2.75, 3.05) is 10.9 Å². The van der Waals surface area contributed by atoms with Crippen molar-refractivity contribution in [3.8, 4) is 0 Å². The van der Waals surface area contributed by atoms with E-state index in [0.717, 1.165) is 22.6 Å². The molecular formula is C20H18N4. The number of hydrazone groups is 2. The molecule has 0 saturated carbocycles. The summed E-state index contributed by atoms with van der Waals surface area (Å²) in [6.07, 6.45) is 1.71. The van der Waals surface area contributed by atoms with Gasteiger partial charge in [-0.3, -0.25) is 10.9 Å². The molecule has 0 unspecified atom stereocenters. The summed E-state index contributed by atoms with van der Waals surface area (Å²) in [7, 11) is 0. The van der Waals surface area contributed by atoms with E-state index in [1.807, 2.05) is 91.0 Å². The highest BCUT2D eigenvalue weighted by Crippen LogP contribution is 2.07. The minimum atomic E-state index is 0.739. The predicted molar refractivity (Wildman–Crippen MR) is 102 cm³/mol. The zero-order valence-electron chi connectivity index (χ0n) is 13.1. The quantitative estimate of drug-likeness (QED) is 0.516. The topological polar surface area (TPSA) is 48.8 Å². The third-order valence-corrected chi connectivity index (χ3v) is 3.30. The molecule has 0 spiro atoms. The van der Waals surface area contributed by atoms with E-state index in [1.54, 1.807) is 6.21 Å². The molecule has 2 N–H and O–H groups in total. The summed E-state index contributed by atoms with van der Waals surface area (Å²) in [6, 6.07) is 29.6. The van der Waals surface area contributed by atoms with Gasteiger partial charge in [0.2, 0.25) is 0 Å². The molecule has 0 radical (unpaired) electrons. The van der Waals surface area contributed by atoms with Gasteiger partial charge in [-0.1, -0.05) is 66.7 Å². The first kappa shape index (κ1) is 15.5. The number of anilines is 2. The molecule has 0 bridgehead atoms. The zero-order chi connectivity index (χ0) is 16.5. The van der Waals surface area contributed by atoms with Crippen molar-refractivity contribution >= 4 is 23.3 Å². The maximum atomic E-state index is 4.47. The third kappa shape index (κ3) is 4.55. The van der Waals surface area contributed by atoms with Crippen molar-refractivity contribution in [1.82, 2.24) is 0 Å². The molecule has 4 heteroatoms. The summed E-state index contributed by atoms with van der Waals surface area (Å²) in [4.78, 5) is 0. The first-order valence-electron chi connectivity index (χ1n) is 7.70. The number of benzene rings is 3. The van der Waals surface area contributed by atoms with Crippen LogP contribution in [0.4, 0.5) is 11.4 Å². The van der Waals surface area contributed by atoms with E-state index < -0.39 is 0 Å². The Morgan fingerprint density at radius 1 is 0.625 bits per heavy atom. The van der Waals surface area contributed by atoms with Gasteiger partial charge in [0.25, 0.3) is 0 Å². The Balaban J connectivity index is 1.77. The molecule has 0 heterocycles. The first-order valence-corrected chi connectivity index (χ1v) is 7.70. The van der Waals surface area contributed by atoms with Gasteiger partial charge in [-0.2, -0.15) is 10.2 Å². The molecular weight excluding hydrogens is 296 g/mol. The largest absolute Gasteiger partial charge is 0.278 e. The lowest BCUT2D eigenvalue weighted by Crippen LogP contribution is -2.07. The number of para-hydroxylation sites is 2. The maximum Gasteiger partial charge on any atom is 0.111 e. The van der Waals surface area contributed by atoms with Gasteiger partial charge in [-0.05, 0) is 24.3 Å². The summed E-state index contributed by atoms with van der Waals surface area (Å²) in [5.74, 6) is 0. The number of rotatable bonds is 6. The molecule has 0 aliphatic rings. The van der Waals surface area contributed by atoms with Crippen LogP contribution in [0, 0.1) is 0 Å². The number of nitrogens with one attached hydrogen (secondary N) is 2. The van der Waals surface area contributed by atoms with E-state index in [1.165, 1.54) is 0 Å². The minimum absolute atomic E-state index is 0.739. The Hall–Kier alpha value is -3.40. The van der Waals surface area contributed by atoms with E-state index in [2.05, 4.69) is 21.1 Å².